The molecule has 3 N–H and O–H groups in total. The van der Waals surface area contributed by atoms with Gasteiger partial charge < -0.3 is 15.3 Å². The van der Waals surface area contributed by atoms with Gasteiger partial charge in [-0.15, -0.1) is 0 Å². The Morgan fingerprint density at radius 1 is 1.30 bits per heavy atom. The number of hydrogen-bond acceptors (Lipinski definition) is 10. The van der Waals surface area contributed by atoms with Crippen LogP contribution in [0.1, 0.15) is 39.3 Å². The van der Waals surface area contributed by atoms with Gasteiger partial charge >= 0.3 is 0 Å². The van der Waals surface area contributed by atoms with Crippen molar-refractivity contribution in [3.05, 3.63) is 47.3 Å². The summed E-state index contributed by atoms with van der Waals surface area (Å²) in [5.41, 5.74) is 1.28. The molecule has 4 amide bonds. The van der Waals surface area contributed by atoms with Crippen LogP contribution in [-0.2, 0) is 16.1 Å². The molecule has 1 fully saturated rings. The number of aliphatic imine (C=N–C) groups is 1. The fourth-order valence-electron chi connectivity index (χ4n) is 3.82. The molecule has 3 heterocycles. The highest BCUT2D eigenvalue weighted by molar-refractivity contribution is 6.32. The number of imide groups is 2. The Morgan fingerprint density at radius 2 is 2.12 bits per heavy atom. The minimum absolute atomic E-state index is 0.0559. The molecule has 0 bridgehead atoms. The van der Waals surface area contributed by atoms with Crippen LogP contribution in [0.15, 0.2) is 45.1 Å². The average molecular weight is 451 g/mol. The van der Waals surface area contributed by atoms with Crippen LogP contribution in [0.4, 0.5) is 5.69 Å². The molecule has 170 valence electrons. The Morgan fingerprint density at radius 3 is 2.82 bits per heavy atom. The number of hydrazone groups is 1. The molecule has 0 radical (unpaired) electrons. The van der Waals surface area contributed by atoms with Crippen molar-refractivity contribution in [2.24, 2.45) is 15.9 Å². The number of nitrogens with two attached hydrogens (primary N) is 1. The van der Waals surface area contributed by atoms with Crippen molar-refractivity contribution in [3.8, 4) is 0 Å². The summed E-state index contributed by atoms with van der Waals surface area (Å²) in [4.78, 5) is 56.8. The molecule has 2 aliphatic heterocycles. The summed E-state index contributed by atoms with van der Waals surface area (Å²) in [7, 11) is 1.72. The molecule has 1 atom stereocenters. The summed E-state index contributed by atoms with van der Waals surface area (Å²) in [5.74, 6) is 3.84. The second-order valence-corrected chi connectivity index (χ2v) is 7.57. The number of nitrogens with one attached hydrogen (secondary N) is 1. The van der Waals surface area contributed by atoms with Gasteiger partial charge in [0.1, 0.15) is 6.04 Å². The zero-order valence-electron chi connectivity index (χ0n) is 17.7. The molecule has 2 aliphatic rings. The largest absolute Gasteiger partial charge is 0.368 e. The van der Waals surface area contributed by atoms with E-state index in [4.69, 9.17) is 10.4 Å². The number of carbonyl (C=O) groups excluding carboxylic acids is 4. The van der Waals surface area contributed by atoms with Crippen LogP contribution in [0, 0.1) is 0 Å². The smallest absolute Gasteiger partial charge is 0.264 e. The third kappa shape index (κ3) is 4.22. The highest BCUT2D eigenvalue weighted by Gasteiger charge is 2.45. The number of aromatic nitrogens is 1. The third-order valence-corrected chi connectivity index (χ3v) is 5.40. The van der Waals surface area contributed by atoms with E-state index in [-0.39, 0.29) is 37.1 Å². The number of nitrogens with zero attached hydrogens (tertiary/aromatic N) is 5. The van der Waals surface area contributed by atoms with Gasteiger partial charge in [-0.1, -0.05) is 11.2 Å². The maximum Gasteiger partial charge on any atom is 0.264 e. The van der Waals surface area contributed by atoms with Crippen LogP contribution in [0.3, 0.4) is 0 Å². The minimum Gasteiger partial charge on any atom is -0.368 e. The van der Waals surface area contributed by atoms with Gasteiger partial charge in [0.05, 0.1) is 41.8 Å². The maximum atomic E-state index is 13.2. The quantitative estimate of drug-likeness (QED) is 0.259. The summed E-state index contributed by atoms with van der Waals surface area (Å²) in [5, 5.41) is 9.53. The SMILES string of the molecule is CN(CC(C=NCc1ccno1)=NN)c1cccc2c1C(=O)N(C1CCC(=O)NC1=O)C2=O. The zero-order valence-corrected chi connectivity index (χ0v) is 17.7. The Bertz CT molecular complexity index is 1170. The van der Waals surface area contributed by atoms with Gasteiger partial charge in [0.15, 0.2) is 5.76 Å². The third-order valence-electron chi connectivity index (χ3n) is 5.40. The Kier molecular flexibility index (Phi) is 5.98. The van der Waals surface area contributed by atoms with Crippen LogP contribution in [0.2, 0.25) is 0 Å². The van der Waals surface area contributed by atoms with Crippen molar-refractivity contribution in [1.29, 1.82) is 0 Å². The fraction of sp³-hybridized carbons (Fsp3) is 0.286. The van der Waals surface area contributed by atoms with Gasteiger partial charge in [-0.25, -0.2) is 0 Å². The van der Waals surface area contributed by atoms with Gasteiger partial charge in [0, 0.05) is 25.7 Å². The summed E-state index contributed by atoms with van der Waals surface area (Å²) in [6, 6.07) is 5.54. The van der Waals surface area contributed by atoms with Crippen molar-refractivity contribution >= 4 is 41.2 Å². The van der Waals surface area contributed by atoms with Crippen molar-refractivity contribution in [3.63, 3.8) is 0 Å². The second kappa shape index (κ2) is 9.02. The molecule has 33 heavy (non-hydrogen) atoms. The molecule has 2 aromatic rings. The summed E-state index contributed by atoms with van der Waals surface area (Å²) in [6.45, 7) is 0.462. The van der Waals surface area contributed by atoms with Gasteiger partial charge in [-0.3, -0.25) is 34.4 Å². The number of hydrogen-bond donors (Lipinski definition) is 2. The monoisotopic (exact) mass is 451 g/mol. The van der Waals surface area contributed by atoms with E-state index in [1.54, 1.807) is 30.1 Å². The Hall–Kier alpha value is -4.35. The van der Waals surface area contributed by atoms with E-state index in [1.807, 2.05) is 0 Å². The van der Waals surface area contributed by atoms with E-state index in [0.717, 1.165) is 4.90 Å². The molecule has 12 nitrogen and oxygen atoms in total. The molecular weight excluding hydrogens is 430 g/mol. The topological polar surface area (TPSA) is 164 Å². The van der Waals surface area contributed by atoms with Gasteiger partial charge in [-0.2, -0.15) is 5.10 Å². The van der Waals surface area contributed by atoms with Crippen LogP contribution in [0.25, 0.3) is 0 Å². The second-order valence-electron chi connectivity index (χ2n) is 7.57. The summed E-state index contributed by atoms with van der Waals surface area (Å²) < 4.78 is 4.98. The summed E-state index contributed by atoms with van der Waals surface area (Å²) in [6.07, 6.45) is 3.15. The van der Waals surface area contributed by atoms with Crippen LogP contribution >= 0.6 is 0 Å². The molecule has 0 aliphatic carbocycles. The number of benzene rings is 1. The van der Waals surface area contributed by atoms with Gasteiger partial charge in [0.25, 0.3) is 11.8 Å². The first kappa shape index (κ1) is 21.9. The number of amides is 4. The molecule has 1 aromatic heterocycles. The lowest BCUT2D eigenvalue weighted by atomic mass is 10.0. The normalized spacial score (nSPS) is 18.8. The molecule has 12 heteroatoms. The first-order chi connectivity index (χ1) is 15.9. The lowest BCUT2D eigenvalue weighted by Gasteiger charge is -2.28. The molecule has 1 saturated heterocycles. The van der Waals surface area contributed by atoms with E-state index in [1.165, 1.54) is 18.5 Å². The van der Waals surface area contributed by atoms with Crippen LogP contribution in [-0.4, -0.2) is 65.2 Å². The van der Waals surface area contributed by atoms with Crippen molar-refractivity contribution in [2.75, 3.05) is 18.5 Å². The predicted octanol–water partition coefficient (Wildman–Crippen LogP) is 0.0977. The Labute approximate surface area is 188 Å². The highest BCUT2D eigenvalue weighted by atomic mass is 16.5. The van der Waals surface area contributed by atoms with E-state index in [9.17, 15) is 19.2 Å². The van der Waals surface area contributed by atoms with Gasteiger partial charge in [-0.05, 0) is 18.6 Å². The molecule has 0 saturated carbocycles. The van der Waals surface area contributed by atoms with Gasteiger partial charge in [0.2, 0.25) is 11.8 Å². The standard InChI is InChI=1S/C21H21N7O5/c1-27(11-12(26-22)9-23-10-13-7-8-24-33-13)15-4-2-3-14-18(15)21(32)28(20(14)31)16-5-6-17(29)25-19(16)30/h2-4,7-9,16H,5-6,10-11,22H2,1H3,(H,25,29,30). The predicted molar refractivity (Wildman–Crippen MR) is 117 cm³/mol. The first-order valence-electron chi connectivity index (χ1n) is 10.1. The van der Waals surface area contributed by atoms with E-state index in [2.05, 4.69) is 20.6 Å². The molecule has 4 rings (SSSR count). The van der Waals surface area contributed by atoms with Crippen molar-refractivity contribution in [2.45, 2.75) is 25.4 Å². The lowest BCUT2D eigenvalue weighted by Crippen LogP contribution is -2.54. The van der Waals surface area contributed by atoms with Crippen molar-refractivity contribution in [1.82, 2.24) is 15.4 Å². The van der Waals surface area contributed by atoms with E-state index in [0.29, 0.717) is 17.2 Å². The molecule has 1 unspecified atom stereocenters. The maximum absolute atomic E-state index is 13.2. The Balaban J connectivity index is 1.53. The fourth-order valence-corrected chi connectivity index (χ4v) is 3.82. The van der Waals surface area contributed by atoms with Crippen molar-refractivity contribution < 1.29 is 23.7 Å². The summed E-state index contributed by atoms with van der Waals surface area (Å²) >= 11 is 0. The zero-order chi connectivity index (χ0) is 23.5. The number of piperidine rings is 1. The molecule has 0 spiro atoms. The first-order valence-corrected chi connectivity index (χ1v) is 10.1. The van der Waals surface area contributed by atoms with Crippen LogP contribution < -0.4 is 16.1 Å². The van der Waals surface area contributed by atoms with E-state index < -0.39 is 29.7 Å². The molecule has 1 aromatic carbocycles. The average Bonchev–Trinajstić information content (AvgIpc) is 3.40. The molecular formula is C21H21N7O5. The number of fused-ring (bicyclic) bond motifs is 1. The highest BCUT2D eigenvalue weighted by Crippen LogP contribution is 2.33. The number of carbonyl (C=O) groups is 4. The lowest BCUT2D eigenvalue weighted by molar-refractivity contribution is -0.136. The van der Waals surface area contributed by atoms with Crippen LogP contribution in [0.5, 0.6) is 0 Å². The van der Waals surface area contributed by atoms with E-state index >= 15 is 0 Å². The number of anilines is 1. The number of rotatable bonds is 7. The minimum atomic E-state index is -1.03.